The average molecular weight is 510 g/mol. The fourth-order valence-corrected chi connectivity index (χ4v) is 4.17. The lowest BCUT2D eigenvalue weighted by Gasteiger charge is -2.15. The molecule has 36 heavy (non-hydrogen) atoms. The summed E-state index contributed by atoms with van der Waals surface area (Å²) in [6.45, 7) is 4.10. The number of carboxylic acids is 1. The maximum absolute atomic E-state index is 12.4. The predicted octanol–water partition coefficient (Wildman–Crippen LogP) is 7.89. The van der Waals surface area contributed by atoms with Gasteiger partial charge in [0.25, 0.3) is 0 Å². The molecule has 0 aromatic carbocycles. The monoisotopic (exact) mass is 509 g/mol. The van der Waals surface area contributed by atoms with Gasteiger partial charge < -0.3 is 15.2 Å². The van der Waals surface area contributed by atoms with E-state index in [1.165, 1.54) is 57.8 Å². The third kappa shape index (κ3) is 25.2. The van der Waals surface area contributed by atoms with Gasteiger partial charge >= 0.3 is 11.9 Å². The Kier molecular flexibility index (Phi) is 24.9. The summed E-state index contributed by atoms with van der Waals surface area (Å²) in [6.07, 6.45) is 26.4. The Hall–Kier alpha value is -1.85. The molecule has 0 spiro atoms. The average Bonchev–Trinajstić information content (AvgIpc) is 2.85. The van der Waals surface area contributed by atoms with Crippen LogP contribution in [0.4, 0.5) is 0 Å². The second kappa shape index (κ2) is 26.2. The Morgan fingerprint density at radius 3 is 1.83 bits per heavy atom. The molecule has 0 fully saturated rings. The van der Waals surface area contributed by atoms with Crippen molar-refractivity contribution in [3.63, 3.8) is 0 Å². The van der Waals surface area contributed by atoms with Crippen molar-refractivity contribution in [1.82, 2.24) is 5.32 Å². The topological polar surface area (TPSA) is 92.7 Å². The number of hydrogen-bond acceptors (Lipinski definition) is 4. The van der Waals surface area contributed by atoms with Crippen LogP contribution in [0.5, 0.6) is 0 Å². The first-order valence-corrected chi connectivity index (χ1v) is 14.8. The number of amides is 1. The highest BCUT2D eigenvalue weighted by atomic mass is 16.5. The molecule has 0 aliphatic carbocycles. The number of allylic oxidation sites excluding steroid dienone is 1. The second-order valence-corrected chi connectivity index (χ2v) is 10.0. The maximum atomic E-state index is 12.4. The maximum Gasteiger partial charge on any atom is 0.322 e. The standard InChI is InChI=1S/C30H55NO5/c1-3-5-7-9-10-11-12-13-14-15-21-25-30(35)36-27(22-18-8-6-4-2)23-19-16-17-20-24-28(32)31-26-29(33)34/h18,22,27H,3-17,19-21,23-26H2,1-2H3,(H,31,32)(H,33,34)/b22-18-. The zero-order valence-electron chi connectivity index (χ0n) is 23.4. The number of ether oxygens (including phenoxy) is 1. The van der Waals surface area contributed by atoms with Crippen LogP contribution in [0.3, 0.4) is 0 Å². The van der Waals surface area contributed by atoms with Gasteiger partial charge in [0.2, 0.25) is 5.91 Å². The highest BCUT2D eigenvalue weighted by Gasteiger charge is 2.11. The number of carbonyl (C=O) groups is 3. The number of carboxylic acid groups (broad SMARTS) is 1. The Labute approximate surface area is 221 Å². The minimum atomic E-state index is -1.03. The van der Waals surface area contributed by atoms with E-state index in [4.69, 9.17) is 9.84 Å². The number of hydrogen-bond donors (Lipinski definition) is 2. The SMILES string of the molecule is CCCC/C=C\C(CCCCCCC(=O)NCC(=O)O)OC(=O)CCCCCCCCCCCCC. The molecule has 1 amide bonds. The van der Waals surface area contributed by atoms with Crippen molar-refractivity contribution in [2.24, 2.45) is 0 Å². The van der Waals surface area contributed by atoms with Crippen LogP contribution in [0.1, 0.15) is 149 Å². The summed E-state index contributed by atoms with van der Waals surface area (Å²) >= 11 is 0. The first-order chi connectivity index (χ1) is 17.5. The zero-order valence-corrected chi connectivity index (χ0v) is 23.4. The predicted molar refractivity (Wildman–Crippen MR) is 148 cm³/mol. The summed E-state index contributed by atoms with van der Waals surface area (Å²) in [5.74, 6) is -1.34. The van der Waals surface area contributed by atoms with Gasteiger partial charge in [0.05, 0.1) is 0 Å². The van der Waals surface area contributed by atoms with E-state index in [0.717, 1.165) is 64.2 Å². The van der Waals surface area contributed by atoms with Crippen molar-refractivity contribution in [2.75, 3.05) is 6.54 Å². The summed E-state index contributed by atoms with van der Waals surface area (Å²) < 4.78 is 5.78. The van der Waals surface area contributed by atoms with Gasteiger partial charge in [-0.2, -0.15) is 0 Å². The number of rotatable bonds is 26. The number of nitrogens with one attached hydrogen (secondary N) is 1. The van der Waals surface area contributed by atoms with Gasteiger partial charge in [-0.1, -0.05) is 110 Å². The fourth-order valence-electron chi connectivity index (χ4n) is 4.17. The molecule has 1 atom stereocenters. The van der Waals surface area contributed by atoms with Crippen LogP contribution in [-0.4, -0.2) is 35.6 Å². The highest BCUT2D eigenvalue weighted by Crippen LogP contribution is 2.15. The van der Waals surface area contributed by atoms with E-state index in [9.17, 15) is 14.4 Å². The lowest BCUT2D eigenvalue weighted by atomic mass is 10.1. The molecule has 210 valence electrons. The van der Waals surface area contributed by atoms with Gasteiger partial charge in [-0.3, -0.25) is 14.4 Å². The van der Waals surface area contributed by atoms with Crippen molar-refractivity contribution in [3.05, 3.63) is 12.2 Å². The molecule has 0 aliphatic heterocycles. The largest absolute Gasteiger partial charge is 0.480 e. The van der Waals surface area contributed by atoms with E-state index in [1.54, 1.807) is 0 Å². The Balaban J connectivity index is 4.00. The van der Waals surface area contributed by atoms with Crippen molar-refractivity contribution >= 4 is 17.8 Å². The number of carbonyl (C=O) groups excluding carboxylic acids is 2. The molecule has 6 heteroatoms. The van der Waals surface area contributed by atoms with E-state index in [1.807, 2.05) is 6.08 Å². The third-order valence-corrected chi connectivity index (χ3v) is 6.42. The normalized spacial score (nSPS) is 12.1. The third-order valence-electron chi connectivity index (χ3n) is 6.42. The summed E-state index contributed by atoms with van der Waals surface area (Å²) in [6, 6.07) is 0. The molecule has 0 saturated heterocycles. The van der Waals surface area contributed by atoms with Crippen LogP contribution in [0.25, 0.3) is 0 Å². The molecule has 0 radical (unpaired) electrons. The molecule has 0 aromatic heterocycles. The second-order valence-electron chi connectivity index (χ2n) is 10.0. The van der Waals surface area contributed by atoms with E-state index in [-0.39, 0.29) is 24.5 Å². The molecule has 1 unspecified atom stereocenters. The van der Waals surface area contributed by atoms with Crippen LogP contribution >= 0.6 is 0 Å². The smallest absolute Gasteiger partial charge is 0.322 e. The van der Waals surface area contributed by atoms with E-state index in [2.05, 4.69) is 25.2 Å². The summed E-state index contributed by atoms with van der Waals surface area (Å²) in [5.41, 5.74) is 0. The lowest BCUT2D eigenvalue weighted by molar-refractivity contribution is -0.147. The van der Waals surface area contributed by atoms with Crippen molar-refractivity contribution in [1.29, 1.82) is 0 Å². The molecule has 0 aromatic rings. The lowest BCUT2D eigenvalue weighted by Crippen LogP contribution is -2.28. The summed E-state index contributed by atoms with van der Waals surface area (Å²) in [4.78, 5) is 34.4. The number of unbranched alkanes of at least 4 members (excludes halogenated alkanes) is 15. The van der Waals surface area contributed by atoms with Crippen LogP contribution in [-0.2, 0) is 19.1 Å². The van der Waals surface area contributed by atoms with Gasteiger partial charge in [0.15, 0.2) is 0 Å². The van der Waals surface area contributed by atoms with Crippen LogP contribution < -0.4 is 5.32 Å². The highest BCUT2D eigenvalue weighted by molar-refractivity contribution is 5.80. The van der Waals surface area contributed by atoms with Gasteiger partial charge in [-0.05, 0) is 38.2 Å². The van der Waals surface area contributed by atoms with Gasteiger partial charge in [0.1, 0.15) is 12.6 Å². The molecule has 0 aliphatic rings. The number of aliphatic carboxylic acids is 1. The molecule has 6 nitrogen and oxygen atoms in total. The first kappa shape index (κ1) is 34.1. The van der Waals surface area contributed by atoms with Gasteiger partial charge in [-0.15, -0.1) is 0 Å². The summed E-state index contributed by atoms with van der Waals surface area (Å²) in [7, 11) is 0. The Morgan fingerprint density at radius 1 is 0.722 bits per heavy atom. The molecule has 0 rings (SSSR count). The van der Waals surface area contributed by atoms with Crippen molar-refractivity contribution in [3.8, 4) is 0 Å². The van der Waals surface area contributed by atoms with Crippen LogP contribution in [0.2, 0.25) is 0 Å². The molecule has 0 bridgehead atoms. The molecular formula is C30H55NO5. The summed E-state index contributed by atoms with van der Waals surface area (Å²) in [5, 5.41) is 11.0. The van der Waals surface area contributed by atoms with Gasteiger partial charge in [-0.25, -0.2) is 0 Å². The fraction of sp³-hybridized carbons (Fsp3) is 0.833. The minimum absolute atomic E-state index is 0.0915. The van der Waals surface area contributed by atoms with Crippen LogP contribution in [0.15, 0.2) is 12.2 Å². The van der Waals surface area contributed by atoms with Gasteiger partial charge in [0, 0.05) is 12.8 Å². The van der Waals surface area contributed by atoms with E-state index < -0.39 is 5.97 Å². The van der Waals surface area contributed by atoms with Crippen molar-refractivity contribution < 1.29 is 24.2 Å². The molecule has 0 saturated carbocycles. The minimum Gasteiger partial charge on any atom is -0.480 e. The van der Waals surface area contributed by atoms with Crippen LogP contribution in [0, 0.1) is 0 Å². The van der Waals surface area contributed by atoms with E-state index >= 15 is 0 Å². The molecular weight excluding hydrogens is 454 g/mol. The molecule has 0 heterocycles. The van der Waals surface area contributed by atoms with E-state index in [0.29, 0.717) is 12.8 Å². The first-order valence-electron chi connectivity index (χ1n) is 14.8. The Morgan fingerprint density at radius 2 is 1.25 bits per heavy atom. The zero-order chi connectivity index (χ0) is 26.7. The number of esters is 1. The van der Waals surface area contributed by atoms with Crippen molar-refractivity contribution in [2.45, 2.75) is 155 Å². The molecule has 2 N–H and O–H groups in total. The quantitative estimate of drug-likeness (QED) is 0.0702. The Bertz CT molecular complexity index is 576.